The number of carbonyl (C=O) groups is 2. The van der Waals surface area contributed by atoms with Gasteiger partial charge >= 0.3 is 0 Å². The summed E-state index contributed by atoms with van der Waals surface area (Å²) in [7, 11) is 0. The van der Waals surface area contributed by atoms with Crippen LogP contribution in [0.3, 0.4) is 0 Å². The Bertz CT molecular complexity index is 1030. The van der Waals surface area contributed by atoms with Crippen molar-refractivity contribution in [3.63, 3.8) is 0 Å². The van der Waals surface area contributed by atoms with Crippen LogP contribution in [0.25, 0.3) is 0 Å². The Kier molecular flexibility index (Phi) is 5.45. The number of nitrogens with zero attached hydrogens (tertiary/aromatic N) is 1. The number of hydrogen-bond acceptors (Lipinski definition) is 4. The van der Waals surface area contributed by atoms with Crippen molar-refractivity contribution in [2.45, 2.75) is 6.92 Å². The molecule has 7 heteroatoms. The van der Waals surface area contributed by atoms with E-state index >= 15 is 0 Å². The highest BCUT2D eigenvalue weighted by Crippen LogP contribution is 2.17. The van der Waals surface area contributed by atoms with Crippen molar-refractivity contribution in [1.82, 2.24) is 0 Å². The molecule has 0 aliphatic carbocycles. The van der Waals surface area contributed by atoms with Crippen molar-refractivity contribution in [3.05, 3.63) is 99.6 Å². The maximum Gasteiger partial charge on any atom is 0.269 e. The molecule has 0 fully saturated rings. The first-order valence-corrected chi connectivity index (χ1v) is 8.46. The van der Waals surface area contributed by atoms with Crippen molar-refractivity contribution in [3.8, 4) is 0 Å². The zero-order valence-corrected chi connectivity index (χ0v) is 15.0. The van der Waals surface area contributed by atoms with Crippen molar-refractivity contribution >= 4 is 28.9 Å². The number of amides is 2. The molecular formula is C21H17N3O4. The molecule has 28 heavy (non-hydrogen) atoms. The Balaban J connectivity index is 1.63. The summed E-state index contributed by atoms with van der Waals surface area (Å²) in [6.45, 7) is 1.92. The Morgan fingerprint density at radius 2 is 1.32 bits per heavy atom. The van der Waals surface area contributed by atoms with Crippen LogP contribution < -0.4 is 10.6 Å². The number of nitro benzene ring substituents is 1. The Morgan fingerprint density at radius 3 is 1.82 bits per heavy atom. The van der Waals surface area contributed by atoms with Crippen molar-refractivity contribution < 1.29 is 14.5 Å². The van der Waals surface area contributed by atoms with Gasteiger partial charge in [0.2, 0.25) is 0 Å². The molecule has 0 atom stereocenters. The average molecular weight is 375 g/mol. The van der Waals surface area contributed by atoms with Crippen LogP contribution >= 0.6 is 0 Å². The summed E-state index contributed by atoms with van der Waals surface area (Å²) in [4.78, 5) is 34.6. The number of rotatable bonds is 5. The highest BCUT2D eigenvalue weighted by molar-refractivity contribution is 6.05. The van der Waals surface area contributed by atoms with Gasteiger partial charge in [-0.25, -0.2) is 0 Å². The van der Waals surface area contributed by atoms with E-state index in [4.69, 9.17) is 0 Å². The number of aryl methyl sites for hydroxylation is 1. The quantitative estimate of drug-likeness (QED) is 0.509. The number of nitro groups is 1. The molecule has 0 saturated heterocycles. The van der Waals surface area contributed by atoms with Gasteiger partial charge < -0.3 is 10.6 Å². The van der Waals surface area contributed by atoms with Crippen LogP contribution in [-0.4, -0.2) is 16.7 Å². The molecule has 2 amide bonds. The van der Waals surface area contributed by atoms with Gasteiger partial charge in [-0.05, 0) is 55.5 Å². The molecule has 140 valence electrons. The van der Waals surface area contributed by atoms with Crippen LogP contribution in [0.4, 0.5) is 17.1 Å². The number of non-ortho nitro benzene ring substituents is 1. The predicted molar refractivity (Wildman–Crippen MR) is 107 cm³/mol. The number of carbonyl (C=O) groups excluding carboxylic acids is 2. The summed E-state index contributed by atoms with van der Waals surface area (Å²) >= 11 is 0. The molecule has 0 heterocycles. The lowest BCUT2D eigenvalue weighted by Gasteiger charge is -2.08. The van der Waals surface area contributed by atoms with E-state index in [9.17, 15) is 19.7 Å². The Labute approximate surface area is 161 Å². The first kappa shape index (κ1) is 18.8. The molecule has 0 unspecified atom stereocenters. The molecule has 0 aliphatic heterocycles. The number of hydrogen-bond donors (Lipinski definition) is 2. The van der Waals surface area contributed by atoms with Crippen LogP contribution in [0.15, 0.2) is 72.8 Å². The van der Waals surface area contributed by atoms with Gasteiger partial charge in [0, 0.05) is 34.6 Å². The smallest absolute Gasteiger partial charge is 0.269 e. The van der Waals surface area contributed by atoms with E-state index in [1.165, 1.54) is 24.3 Å². The molecule has 0 saturated carbocycles. The summed E-state index contributed by atoms with van der Waals surface area (Å²) in [6, 6.07) is 19.3. The first-order chi connectivity index (χ1) is 13.4. The molecule has 0 bridgehead atoms. The van der Waals surface area contributed by atoms with Crippen molar-refractivity contribution in [1.29, 1.82) is 0 Å². The highest BCUT2D eigenvalue weighted by Gasteiger charge is 2.10. The van der Waals surface area contributed by atoms with E-state index < -0.39 is 4.92 Å². The lowest BCUT2D eigenvalue weighted by atomic mass is 10.1. The summed E-state index contributed by atoms with van der Waals surface area (Å²) in [6.07, 6.45) is 0. The third-order valence-corrected chi connectivity index (χ3v) is 4.02. The summed E-state index contributed by atoms with van der Waals surface area (Å²) in [5, 5.41) is 16.2. The fraction of sp³-hybridized carbons (Fsp3) is 0.0476. The second kappa shape index (κ2) is 8.13. The minimum atomic E-state index is -0.522. The van der Waals surface area contributed by atoms with E-state index in [1.54, 1.807) is 36.4 Å². The van der Waals surface area contributed by atoms with E-state index in [0.29, 0.717) is 22.5 Å². The van der Waals surface area contributed by atoms with Gasteiger partial charge in [-0.2, -0.15) is 0 Å². The average Bonchev–Trinajstić information content (AvgIpc) is 2.69. The van der Waals surface area contributed by atoms with Gasteiger partial charge in [0.15, 0.2) is 0 Å². The zero-order valence-electron chi connectivity index (χ0n) is 15.0. The van der Waals surface area contributed by atoms with Crippen molar-refractivity contribution in [2.24, 2.45) is 0 Å². The number of anilines is 2. The van der Waals surface area contributed by atoms with Gasteiger partial charge in [0.1, 0.15) is 0 Å². The Hall–Kier alpha value is -4.00. The summed E-state index contributed by atoms with van der Waals surface area (Å²) in [5.41, 5.74) is 2.93. The predicted octanol–water partition coefficient (Wildman–Crippen LogP) is 4.41. The first-order valence-electron chi connectivity index (χ1n) is 8.46. The second-order valence-corrected chi connectivity index (χ2v) is 6.16. The van der Waals surface area contributed by atoms with E-state index in [1.807, 2.05) is 19.1 Å². The topological polar surface area (TPSA) is 101 Å². The monoisotopic (exact) mass is 375 g/mol. The van der Waals surface area contributed by atoms with Gasteiger partial charge in [0.05, 0.1) is 4.92 Å². The van der Waals surface area contributed by atoms with Gasteiger partial charge in [-0.3, -0.25) is 19.7 Å². The zero-order chi connectivity index (χ0) is 20.1. The molecule has 3 aromatic rings. The maximum absolute atomic E-state index is 12.3. The van der Waals surface area contributed by atoms with Crippen LogP contribution in [-0.2, 0) is 0 Å². The molecule has 2 N–H and O–H groups in total. The standard InChI is InChI=1S/C21H17N3O4/c1-14-3-2-4-16(13-14)21(26)23-18-9-7-17(8-10-18)22-20(25)15-5-11-19(12-6-15)24(27)28/h2-13H,1H3,(H,22,25)(H,23,26). The molecule has 0 aromatic heterocycles. The number of benzene rings is 3. The third kappa shape index (κ3) is 4.59. The van der Waals surface area contributed by atoms with Gasteiger partial charge in [-0.1, -0.05) is 17.7 Å². The minimum Gasteiger partial charge on any atom is -0.322 e. The van der Waals surface area contributed by atoms with Crippen LogP contribution in [0.1, 0.15) is 26.3 Å². The lowest BCUT2D eigenvalue weighted by molar-refractivity contribution is -0.384. The normalized spacial score (nSPS) is 10.2. The van der Waals surface area contributed by atoms with Crippen LogP contribution in [0.2, 0.25) is 0 Å². The van der Waals surface area contributed by atoms with E-state index in [-0.39, 0.29) is 17.5 Å². The molecular weight excluding hydrogens is 358 g/mol. The van der Waals surface area contributed by atoms with E-state index in [0.717, 1.165) is 5.56 Å². The Morgan fingerprint density at radius 1 is 0.786 bits per heavy atom. The number of nitrogens with one attached hydrogen (secondary N) is 2. The van der Waals surface area contributed by atoms with Crippen LogP contribution in [0.5, 0.6) is 0 Å². The molecule has 3 aromatic carbocycles. The van der Waals surface area contributed by atoms with Crippen molar-refractivity contribution in [2.75, 3.05) is 10.6 Å². The molecule has 0 aliphatic rings. The summed E-state index contributed by atoms with van der Waals surface area (Å²) < 4.78 is 0. The summed E-state index contributed by atoms with van der Waals surface area (Å²) in [5.74, 6) is -0.599. The van der Waals surface area contributed by atoms with Gasteiger partial charge in [0.25, 0.3) is 17.5 Å². The minimum absolute atomic E-state index is 0.0785. The SMILES string of the molecule is Cc1cccc(C(=O)Nc2ccc(NC(=O)c3ccc([N+](=O)[O-])cc3)cc2)c1. The third-order valence-electron chi connectivity index (χ3n) is 4.02. The highest BCUT2D eigenvalue weighted by atomic mass is 16.6. The van der Waals surface area contributed by atoms with Gasteiger partial charge in [-0.15, -0.1) is 0 Å². The second-order valence-electron chi connectivity index (χ2n) is 6.16. The fourth-order valence-corrected chi connectivity index (χ4v) is 2.56. The van der Waals surface area contributed by atoms with Crippen LogP contribution in [0, 0.1) is 17.0 Å². The fourth-order valence-electron chi connectivity index (χ4n) is 2.56. The van der Waals surface area contributed by atoms with E-state index in [2.05, 4.69) is 10.6 Å². The maximum atomic E-state index is 12.3. The largest absolute Gasteiger partial charge is 0.322 e. The lowest BCUT2D eigenvalue weighted by Crippen LogP contribution is -2.13. The molecule has 0 spiro atoms. The molecule has 3 rings (SSSR count). The molecule has 7 nitrogen and oxygen atoms in total. The molecule has 0 radical (unpaired) electrons.